The Balaban J connectivity index is 1.27. The number of benzene rings is 5. The van der Waals surface area contributed by atoms with Crippen molar-refractivity contribution in [1.82, 2.24) is 15.1 Å². The van der Waals surface area contributed by atoms with E-state index in [0.717, 1.165) is 56.4 Å². The summed E-state index contributed by atoms with van der Waals surface area (Å²) in [6.45, 7) is 1.12. The lowest BCUT2D eigenvalue weighted by molar-refractivity contribution is 0.0829. The highest BCUT2D eigenvalue weighted by atomic mass is 16.6. The van der Waals surface area contributed by atoms with E-state index in [9.17, 15) is 9.59 Å². The smallest absolute Gasteiger partial charge is 0.410 e. The Morgan fingerprint density at radius 1 is 0.524 bits per heavy atom. The molecule has 0 bridgehead atoms. The van der Waals surface area contributed by atoms with E-state index in [0.29, 0.717) is 38.8 Å². The zero-order chi connectivity index (χ0) is 45.4. The molecule has 0 aliphatic rings. The molecular formula is C51H65N5O7. The Hall–Kier alpha value is -6.40. The number of rotatable bonds is 22. The van der Waals surface area contributed by atoms with Gasteiger partial charge in [-0.3, -0.25) is 4.90 Å². The number of nitrogens with one attached hydrogen (secondary N) is 1. The summed E-state index contributed by atoms with van der Waals surface area (Å²) < 4.78 is 28.2. The second-order valence-corrected chi connectivity index (χ2v) is 16.4. The van der Waals surface area contributed by atoms with Crippen LogP contribution in [-0.2, 0) is 40.9 Å². The monoisotopic (exact) mass is 859 g/mol. The van der Waals surface area contributed by atoms with Gasteiger partial charge in [-0.2, -0.15) is 0 Å². The van der Waals surface area contributed by atoms with E-state index < -0.39 is 17.7 Å². The van der Waals surface area contributed by atoms with Crippen molar-refractivity contribution in [2.24, 2.45) is 0 Å². The van der Waals surface area contributed by atoms with Crippen molar-refractivity contribution in [1.29, 1.82) is 0 Å². The fourth-order valence-corrected chi connectivity index (χ4v) is 7.50. The van der Waals surface area contributed by atoms with E-state index in [1.54, 1.807) is 26.2 Å². The summed E-state index contributed by atoms with van der Waals surface area (Å²) in [5.41, 5.74) is 6.18. The largest absolute Gasteiger partial charge is 0.497 e. The lowest BCUT2D eigenvalue weighted by Gasteiger charge is -2.36. The summed E-state index contributed by atoms with van der Waals surface area (Å²) in [6.07, 6.45) is 1.14. The van der Waals surface area contributed by atoms with Crippen molar-refractivity contribution in [3.8, 4) is 17.2 Å². The summed E-state index contributed by atoms with van der Waals surface area (Å²) in [4.78, 5) is 35.6. The first-order chi connectivity index (χ1) is 30.3. The Morgan fingerprint density at radius 3 is 1.30 bits per heavy atom. The summed E-state index contributed by atoms with van der Waals surface area (Å²) in [5.74, 6) is 2.26. The predicted octanol–water partition coefficient (Wildman–Crippen LogP) is 8.80. The van der Waals surface area contributed by atoms with E-state index in [-0.39, 0.29) is 19.3 Å². The molecule has 2 amide bonds. The molecule has 5 aromatic carbocycles. The minimum absolute atomic E-state index is 0.0267. The molecule has 0 aliphatic carbocycles. The second kappa shape index (κ2) is 23.2. The van der Waals surface area contributed by atoms with Gasteiger partial charge in [-0.25, -0.2) is 9.59 Å². The Bertz CT molecular complexity index is 2090. The molecule has 0 saturated heterocycles. The van der Waals surface area contributed by atoms with Gasteiger partial charge in [-0.1, -0.05) is 60.7 Å². The minimum Gasteiger partial charge on any atom is -0.497 e. The number of carbonyl (C=O) groups excluding carboxylic acids is 2. The summed E-state index contributed by atoms with van der Waals surface area (Å²) >= 11 is 0. The van der Waals surface area contributed by atoms with Gasteiger partial charge in [0.25, 0.3) is 0 Å². The maximum absolute atomic E-state index is 14.0. The van der Waals surface area contributed by atoms with E-state index >= 15 is 0 Å². The standard InChI is InChI=1S/C51H65N5O7/c1-53(2)43-20-10-40(11-21-43)36-56(37-41-16-28-48(61-9)29-17-41)50(58)63-33-31-45(55(5)6)30-32-62-49(57)52-51(34-38-12-24-46(59-7)25-13-38,35-39-14-26-47(60-8)27-15-39)42-18-22-44(23-19-42)54(3)4/h10-29,45H,30-37H2,1-9H3,(H,52,57). The molecule has 0 spiro atoms. The summed E-state index contributed by atoms with van der Waals surface area (Å²) in [7, 11) is 16.9. The molecule has 12 heteroatoms. The van der Waals surface area contributed by atoms with Crippen LogP contribution < -0.4 is 29.3 Å². The Kier molecular flexibility index (Phi) is 17.5. The quantitative estimate of drug-likeness (QED) is 0.0727. The maximum atomic E-state index is 14.0. The van der Waals surface area contributed by atoms with Crippen LogP contribution in [0.1, 0.15) is 40.7 Å². The van der Waals surface area contributed by atoms with Gasteiger partial charge < -0.3 is 43.7 Å². The molecular weight excluding hydrogens is 795 g/mol. The van der Waals surface area contributed by atoms with Crippen LogP contribution in [0.25, 0.3) is 0 Å². The van der Waals surface area contributed by atoms with Crippen LogP contribution in [0.15, 0.2) is 121 Å². The van der Waals surface area contributed by atoms with Gasteiger partial charge in [-0.05, 0) is 115 Å². The van der Waals surface area contributed by atoms with Gasteiger partial charge in [0, 0.05) is 71.5 Å². The van der Waals surface area contributed by atoms with Crippen molar-refractivity contribution in [3.05, 3.63) is 149 Å². The van der Waals surface area contributed by atoms with Crippen LogP contribution in [-0.4, -0.2) is 105 Å². The third kappa shape index (κ3) is 14.1. The zero-order valence-electron chi connectivity index (χ0n) is 38.4. The van der Waals surface area contributed by atoms with Crippen molar-refractivity contribution in [2.45, 2.75) is 50.4 Å². The lowest BCUT2D eigenvalue weighted by atomic mass is 9.78. The molecule has 0 fully saturated rings. The number of carbonyl (C=O) groups is 2. The Labute approximate surface area is 374 Å². The molecule has 0 heterocycles. The number of methoxy groups -OCH3 is 3. The van der Waals surface area contributed by atoms with Gasteiger partial charge in [0.05, 0.1) is 40.1 Å². The summed E-state index contributed by atoms with van der Waals surface area (Å²) in [6, 6.07) is 39.9. The maximum Gasteiger partial charge on any atom is 0.410 e. The first-order valence-corrected chi connectivity index (χ1v) is 21.3. The first kappa shape index (κ1) is 47.6. The molecule has 63 heavy (non-hydrogen) atoms. The molecule has 1 N–H and O–H groups in total. The van der Waals surface area contributed by atoms with Crippen LogP contribution in [0.4, 0.5) is 21.0 Å². The van der Waals surface area contributed by atoms with E-state index in [2.05, 4.69) is 34.5 Å². The third-order valence-electron chi connectivity index (χ3n) is 11.3. The van der Waals surface area contributed by atoms with Gasteiger partial charge in [0.2, 0.25) is 0 Å². The van der Waals surface area contributed by atoms with Crippen LogP contribution in [0.2, 0.25) is 0 Å². The molecule has 336 valence electrons. The topological polar surface area (TPSA) is 105 Å². The number of hydrogen-bond donors (Lipinski definition) is 1. The lowest BCUT2D eigenvalue weighted by Crippen LogP contribution is -2.49. The average molecular weight is 860 g/mol. The van der Waals surface area contributed by atoms with Crippen LogP contribution in [0.3, 0.4) is 0 Å². The van der Waals surface area contributed by atoms with Crippen LogP contribution in [0.5, 0.6) is 17.2 Å². The molecule has 0 aliphatic heterocycles. The third-order valence-corrected chi connectivity index (χ3v) is 11.3. The number of alkyl carbamates (subject to hydrolysis) is 1. The fourth-order valence-electron chi connectivity index (χ4n) is 7.50. The second-order valence-electron chi connectivity index (χ2n) is 16.4. The van der Waals surface area contributed by atoms with Gasteiger partial charge in [0.15, 0.2) is 0 Å². The molecule has 1 atom stereocenters. The average Bonchev–Trinajstić information content (AvgIpc) is 3.29. The molecule has 0 aromatic heterocycles. The minimum atomic E-state index is -0.883. The van der Waals surface area contributed by atoms with Crippen LogP contribution in [0, 0.1) is 0 Å². The normalized spacial score (nSPS) is 11.7. The highest BCUT2D eigenvalue weighted by Crippen LogP contribution is 2.33. The Morgan fingerprint density at radius 2 is 0.905 bits per heavy atom. The van der Waals surface area contributed by atoms with Crippen molar-refractivity contribution in [2.75, 3.05) is 86.6 Å². The van der Waals surface area contributed by atoms with E-state index in [1.165, 1.54) is 0 Å². The number of anilines is 2. The number of nitrogens with zero attached hydrogens (tertiary/aromatic N) is 4. The molecule has 0 radical (unpaired) electrons. The molecule has 5 rings (SSSR count). The zero-order valence-corrected chi connectivity index (χ0v) is 38.4. The number of amides is 2. The molecule has 5 aromatic rings. The number of hydrogen-bond acceptors (Lipinski definition) is 10. The van der Waals surface area contributed by atoms with Crippen molar-refractivity contribution < 1.29 is 33.3 Å². The molecule has 1 unspecified atom stereocenters. The predicted molar refractivity (Wildman–Crippen MR) is 251 cm³/mol. The summed E-state index contributed by atoms with van der Waals surface area (Å²) in [5, 5.41) is 3.34. The highest BCUT2D eigenvalue weighted by molar-refractivity contribution is 5.69. The van der Waals surface area contributed by atoms with Gasteiger partial charge in [0.1, 0.15) is 17.2 Å². The molecule has 12 nitrogen and oxygen atoms in total. The van der Waals surface area contributed by atoms with E-state index in [4.69, 9.17) is 23.7 Å². The first-order valence-electron chi connectivity index (χ1n) is 21.3. The SMILES string of the molecule is COc1ccc(CN(Cc2ccc(N(C)C)cc2)C(=O)OCCC(CCOC(=O)NC(Cc2ccc(OC)cc2)(Cc2ccc(OC)cc2)c2ccc(N(C)C)cc2)N(C)C)cc1. The molecule has 0 saturated carbocycles. The van der Waals surface area contributed by atoms with Gasteiger partial charge >= 0.3 is 12.2 Å². The van der Waals surface area contributed by atoms with Gasteiger partial charge in [-0.15, -0.1) is 0 Å². The van der Waals surface area contributed by atoms with Crippen molar-refractivity contribution in [3.63, 3.8) is 0 Å². The fraction of sp³-hybridized carbons (Fsp3) is 0.373. The van der Waals surface area contributed by atoms with Crippen LogP contribution >= 0.6 is 0 Å². The highest BCUT2D eigenvalue weighted by Gasteiger charge is 2.36. The van der Waals surface area contributed by atoms with Crippen molar-refractivity contribution >= 4 is 23.6 Å². The van der Waals surface area contributed by atoms with E-state index in [1.807, 2.05) is 149 Å². The number of ether oxygens (including phenoxy) is 5.